The number of hydrogen-bond donors (Lipinski definition) is 3. The van der Waals surface area contributed by atoms with Crippen LogP contribution in [-0.2, 0) is 22.4 Å². The van der Waals surface area contributed by atoms with E-state index in [1.165, 1.54) is 11.2 Å². The Morgan fingerprint density at radius 3 is 2.73 bits per heavy atom. The highest BCUT2D eigenvalue weighted by molar-refractivity contribution is 5.97. The summed E-state index contributed by atoms with van der Waals surface area (Å²) >= 11 is 0. The lowest BCUT2D eigenvalue weighted by molar-refractivity contribution is -0.145. The Morgan fingerprint density at radius 2 is 1.93 bits per heavy atom. The van der Waals surface area contributed by atoms with E-state index in [4.69, 9.17) is 24.9 Å². The quantitative estimate of drug-likeness (QED) is 0.277. The van der Waals surface area contributed by atoms with E-state index in [1.807, 2.05) is 46.1 Å². The number of methoxy groups -OCH3 is 1. The summed E-state index contributed by atoms with van der Waals surface area (Å²) in [6.07, 6.45) is 2.55. The highest BCUT2D eigenvalue weighted by Crippen LogP contribution is 2.42. The van der Waals surface area contributed by atoms with Gasteiger partial charge in [0.1, 0.15) is 11.9 Å². The van der Waals surface area contributed by atoms with E-state index >= 15 is 0 Å². The molecule has 4 heterocycles. The van der Waals surface area contributed by atoms with Crippen molar-refractivity contribution in [2.45, 2.75) is 44.8 Å². The van der Waals surface area contributed by atoms with Crippen molar-refractivity contribution in [1.29, 1.82) is 0 Å². The first-order valence-corrected chi connectivity index (χ1v) is 13.6. The number of ether oxygens (including phenoxy) is 3. The molecule has 4 N–H and O–H groups in total. The molecule has 2 aliphatic heterocycles. The molecule has 0 spiro atoms. The molecule has 2 aromatic heterocycles. The number of fused-ring (bicyclic) bond motifs is 4. The number of nitrogens with zero attached hydrogens (tertiary/aromatic N) is 4. The van der Waals surface area contributed by atoms with Gasteiger partial charge >= 0.3 is 0 Å². The minimum atomic E-state index is -0.584. The highest BCUT2D eigenvalue weighted by atomic mass is 16.8. The third-order valence-electron chi connectivity index (χ3n) is 7.52. The molecule has 0 aliphatic carbocycles. The lowest BCUT2D eigenvalue weighted by atomic mass is 9.99. The van der Waals surface area contributed by atoms with Crippen molar-refractivity contribution in [3.8, 4) is 17.0 Å². The van der Waals surface area contributed by atoms with Crippen molar-refractivity contribution < 1.29 is 14.2 Å². The second-order valence-corrected chi connectivity index (χ2v) is 11.1. The molecule has 40 heavy (non-hydrogen) atoms. The molecule has 0 radical (unpaired) electrons. The van der Waals surface area contributed by atoms with Crippen LogP contribution in [0, 0.1) is 0 Å². The zero-order chi connectivity index (χ0) is 28.0. The maximum absolute atomic E-state index is 6.39. The Hall–Kier alpha value is -3.86. The summed E-state index contributed by atoms with van der Waals surface area (Å²) < 4.78 is 20.5. The lowest BCUT2D eigenvalue weighted by Crippen LogP contribution is -2.35. The van der Waals surface area contributed by atoms with Crippen LogP contribution in [0.2, 0.25) is 0 Å². The molecule has 4 aromatic rings. The minimum absolute atomic E-state index is 0.00193. The van der Waals surface area contributed by atoms with Crippen LogP contribution in [-0.4, -0.2) is 71.7 Å². The highest BCUT2D eigenvalue weighted by Gasteiger charge is 2.45. The molecule has 0 amide bonds. The molecule has 6 rings (SSSR count). The third kappa shape index (κ3) is 4.94. The third-order valence-corrected chi connectivity index (χ3v) is 7.52. The first-order chi connectivity index (χ1) is 19.2. The number of aromatic nitrogens is 3. The van der Waals surface area contributed by atoms with E-state index in [1.54, 1.807) is 13.3 Å². The van der Waals surface area contributed by atoms with Crippen LogP contribution in [0.3, 0.4) is 0 Å². The normalized spacial score (nSPS) is 19.4. The van der Waals surface area contributed by atoms with Crippen LogP contribution in [0.5, 0.6) is 5.75 Å². The molecular weight excluding hydrogens is 506 g/mol. The summed E-state index contributed by atoms with van der Waals surface area (Å²) in [4.78, 5) is 11.6. The van der Waals surface area contributed by atoms with Gasteiger partial charge in [-0.05, 0) is 46.1 Å². The number of likely N-dealkylation sites (N-methyl/N-ethyl adjacent to an activating group) is 1. The predicted octanol–water partition coefficient (Wildman–Crippen LogP) is 4.48. The lowest BCUT2D eigenvalue weighted by Gasteiger charge is -2.26. The minimum Gasteiger partial charge on any atom is -0.494 e. The molecular formula is C30H37N7O3. The largest absolute Gasteiger partial charge is 0.494 e. The van der Waals surface area contributed by atoms with Gasteiger partial charge in [-0.3, -0.25) is 0 Å². The van der Waals surface area contributed by atoms with Crippen LogP contribution in [0.25, 0.3) is 22.2 Å². The molecule has 2 aliphatic rings. The van der Waals surface area contributed by atoms with Gasteiger partial charge in [0.2, 0.25) is 5.95 Å². The topological polar surface area (TPSA) is 112 Å². The maximum Gasteiger partial charge on any atom is 0.227 e. The van der Waals surface area contributed by atoms with E-state index < -0.39 is 5.79 Å². The second kappa shape index (κ2) is 10.3. The van der Waals surface area contributed by atoms with Crippen LogP contribution >= 0.6 is 0 Å². The number of para-hydroxylation sites is 1. The predicted molar refractivity (Wildman–Crippen MR) is 158 cm³/mol. The van der Waals surface area contributed by atoms with Crippen molar-refractivity contribution >= 4 is 33.9 Å². The van der Waals surface area contributed by atoms with Gasteiger partial charge in [0.25, 0.3) is 0 Å². The Bertz CT molecular complexity index is 1550. The van der Waals surface area contributed by atoms with Crippen molar-refractivity contribution in [3.05, 3.63) is 54.4 Å². The van der Waals surface area contributed by atoms with Crippen LogP contribution < -0.4 is 21.1 Å². The summed E-state index contributed by atoms with van der Waals surface area (Å²) in [5.41, 5.74) is 12.8. The Kier molecular flexibility index (Phi) is 6.77. The number of nitrogens with one attached hydrogen (secondary N) is 2. The summed E-state index contributed by atoms with van der Waals surface area (Å²) in [6, 6.07) is 14.2. The Balaban J connectivity index is 1.33. The van der Waals surface area contributed by atoms with Crippen LogP contribution in [0.15, 0.2) is 48.7 Å². The molecule has 1 fully saturated rings. The second-order valence-electron chi connectivity index (χ2n) is 11.1. The summed E-state index contributed by atoms with van der Waals surface area (Å²) in [6.45, 7) is 6.36. The van der Waals surface area contributed by atoms with Gasteiger partial charge in [0.05, 0.1) is 42.5 Å². The molecule has 2 atom stereocenters. The van der Waals surface area contributed by atoms with Gasteiger partial charge < -0.3 is 40.0 Å². The van der Waals surface area contributed by atoms with Gasteiger partial charge in [0.15, 0.2) is 5.79 Å². The number of nitrogens with two attached hydrogens (primary N) is 1. The standard InChI is InChI=1S/C30H37N7O3/c1-30(2)39-26-16-24-28(18-8-6-7-9-23(18)37(24)17-27(26)40-30)20-10-11-33-29(34-20)35-22-14-19(31)21(15-25(22)38-5)32-12-13-36(3)4/h6-11,14-15,26-27,32H,12-13,16-17,31H2,1-5H3,(H,33,34,35). The van der Waals surface area contributed by atoms with Crippen LogP contribution in [0.1, 0.15) is 19.5 Å². The average molecular weight is 544 g/mol. The molecule has 1 saturated heterocycles. The fraction of sp³-hybridized carbons (Fsp3) is 0.400. The maximum atomic E-state index is 6.39. The molecule has 2 unspecified atom stereocenters. The number of rotatable bonds is 8. The number of nitrogen functional groups attached to an aromatic ring is 1. The van der Waals surface area contributed by atoms with Gasteiger partial charge in [-0.1, -0.05) is 18.2 Å². The average Bonchev–Trinajstić information content (AvgIpc) is 3.40. The molecule has 0 saturated carbocycles. The molecule has 10 heteroatoms. The zero-order valence-corrected chi connectivity index (χ0v) is 23.7. The first kappa shape index (κ1) is 26.4. The summed E-state index contributed by atoms with van der Waals surface area (Å²) in [5, 5.41) is 7.86. The number of hydrogen-bond acceptors (Lipinski definition) is 9. The Morgan fingerprint density at radius 1 is 1.12 bits per heavy atom. The van der Waals surface area contributed by atoms with Crippen molar-refractivity contribution in [3.63, 3.8) is 0 Å². The van der Waals surface area contributed by atoms with Gasteiger partial charge in [-0.25, -0.2) is 9.97 Å². The smallest absolute Gasteiger partial charge is 0.227 e. The summed E-state index contributed by atoms with van der Waals surface area (Å²) in [7, 11) is 5.71. The molecule has 2 aromatic carbocycles. The zero-order valence-electron chi connectivity index (χ0n) is 23.7. The van der Waals surface area contributed by atoms with Crippen molar-refractivity contribution in [2.75, 3.05) is 50.7 Å². The fourth-order valence-corrected chi connectivity index (χ4v) is 5.78. The summed E-state index contributed by atoms with van der Waals surface area (Å²) in [5.74, 6) is 0.525. The number of anilines is 4. The van der Waals surface area contributed by atoms with Crippen molar-refractivity contribution in [1.82, 2.24) is 19.4 Å². The van der Waals surface area contributed by atoms with Crippen molar-refractivity contribution in [2.24, 2.45) is 0 Å². The number of benzene rings is 2. The van der Waals surface area contributed by atoms with Gasteiger partial charge in [-0.2, -0.15) is 0 Å². The monoisotopic (exact) mass is 543 g/mol. The fourth-order valence-electron chi connectivity index (χ4n) is 5.78. The van der Waals surface area contributed by atoms with E-state index in [2.05, 4.69) is 49.4 Å². The SMILES string of the molecule is COc1cc(NCCN(C)C)c(N)cc1Nc1nccc(-c2c3n(c4ccccc24)CC2OC(C)(C)OC2C3)n1. The van der Waals surface area contributed by atoms with Gasteiger partial charge in [0, 0.05) is 53.9 Å². The van der Waals surface area contributed by atoms with E-state index in [0.717, 1.165) is 48.4 Å². The van der Waals surface area contributed by atoms with E-state index in [-0.39, 0.29) is 12.2 Å². The van der Waals surface area contributed by atoms with E-state index in [0.29, 0.717) is 23.1 Å². The Labute approximate surface area is 234 Å². The molecule has 0 bridgehead atoms. The van der Waals surface area contributed by atoms with E-state index in [9.17, 15) is 0 Å². The first-order valence-electron chi connectivity index (χ1n) is 13.6. The van der Waals surface area contributed by atoms with Crippen LogP contribution in [0.4, 0.5) is 23.0 Å². The molecule has 10 nitrogen and oxygen atoms in total. The van der Waals surface area contributed by atoms with Gasteiger partial charge in [-0.15, -0.1) is 0 Å². The molecule has 210 valence electrons.